The molecular weight excluding hydrogens is 470 g/mol. The zero-order valence-electron chi connectivity index (χ0n) is 18.5. The molecule has 7 nitrogen and oxygen atoms in total. The quantitative estimate of drug-likeness (QED) is 0.423. The summed E-state index contributed by atoms with van der Waals surface area (Å²) in [7, 11) is -3.20. The minimum atomic E-state index is -3.20. The first-order chi connectivity index (χ1) is 16.3. The Morgan fingerprint density at radius 1 is 1.15 bits per heavy atom. The van der Waals surface area contributed by atoms with Crippen molar-refractivity contribution >= 4 is 43.0 Å². The largest absolute Gasteiger partial charge is 0.307 e. The lowest BCUT2D eigenvalue weighted by Gasteiger charge is -2.28. The Labute approximate surface area is 201 Å². The zero-order valence-corrected chi connectivity index (χ0v) is 20.2. The highest BCUT2D eigenvalue weighted by atomic mass is 32.2. The molecule has 4 aromatic rings. The SMILES string of the molecule is Cc1ccc(-c2csc3ncn(CC(=O)N(c4ccccc4)C4CCS(=O)(=O)C4)c(=O)c23)cc1. The number of carbonyl (C=O) groups excluding carboxylic acids is 1. The van der Waals surface area contributed by atoms with Crippen molar-refractivity contribution in [3.05, 3.63) is 82.2 Å². The molecule has 0 N–H and O–H groups in total. The molecule has 2 aromatic carbocycles. The molecule has 1 fully saturated rings. The average molecular weight is 494 g/mol. The van der Waals surface area contributed by atoms with Crippen molar-refractivity contribution < 1.29 is 13.2 Å². The number of anilines is 1. The topological polar surface area (TPSA) is 89.3 Å². The number of amides is 1. The van der Waals surface area contributed by atoms with Crippen LogP contribution >= 0.6 is 11.3 Å². The van der Waals surface area contributed by atoms with Crippen LogP contribution in [0.15, 0.2) is 71.1 Å². The number of hydrogen-bond donors (Lipinski definition) is 0. The van der Waals surface area contributed by atoms with Crippen molar-refractivity contribution in [2.45, 2.75) is 25.9 Å². The van der Waals surface area contributed by atoms with Gasteiger partial charge in [-0.25, -0.2) is 13.4 Å². The molecule has 9 heteroatoms. The Balaban J connectivity index is 1.52. The lowest BCUT2D eigenvalue weighted by atomic mass is 10.1. The van der Waals surface area contributed by atoms with Crippen LogP contribution in [-0.4, -0.2) is 41.4 Å². The molecule has 0 spiro atoms. The molecule has 1 unspecified atom stereocenters. The maximum absolute atomic E-state index is 13.5. The molecule has 0 aliphatic carbocycles. The highest BCUT2D eigenvalue weighted by Crippen LogP contribution is 2.31. The van der Waals surface area contributed by atoms with Crippen molar-refractivity contribution in [3.8, 4) is 11.1 Å². The van der Waals surface area contributed by atoms with Gasteiger partial charge in [-0.3, -0.25) is 14.2 Å². The van der Waals surface area contributed by atoms with E-state index in [0.29, 0.717) is 22.3 Å². The fourth-order valence-corrected chi connectivity index (χ4v) is 6.98. The third-order valence-corrected chi connectivity index (χ3v) is 8.74. The maximum atomic E-state index is 13.5. The first-order valence-electron chi connectivity index (χ1n) is 10.9. The highest BCUT2D eigenvalue weighted by Gasteiger charge is 2.35. The van der Waals surface area contributed by atoms with Crippen molar-refractivity contribution in [2.75, 3.05) is 16.4 Å². The molecule has 0 saturated carbocycles. The molecule has 34 heavy (non-hydrogen) atoms. The number of fused-ring (bicyclic) bond motifs is 1. The predicted octanol–water partition coefficient (Wildman–Crippen LogP) is 3.65. The van der Waals surface area contributed by atoms with Gasteiger partial charge in [-0.05, 0) is 31.0 Å². The molecule has 1 saturated heterocycles. The van der Waals surface area contributed by atoms with E-state index in [1.54, 1.807) is 24.3 Å². The summed E-state index contributed by atoms with van der Waals surface area (Å²) >= 11 is 1.39. The molecule has 5 rings (SSSR count). The Bertz CT molecular complexity index is 1520. The number of nitrogens with zero attached hydrogens (tertiary/aromatic N) is 3. The molecule has 1 amide bonds. The molecule has 174 valence electrons. The van der Waals surface area contributed by atoms with Crippen LogP contribution in [0.1, 0.15) is 12.0 Å². The van der Waals surface area contributed by atoms with Gasteiger partial charge < -0.3 is 4.90 Å². The monoisotopic (exact) mass is 493 g/mol. The molecule has 3 heterocycles. The summed E-state index contributed by atoms with van der Waals surface area (Å²) in [4.78, 5) is 33.5. The van der Waals surface area contributed by atoms with Gasteiger partial charge in [0.1, 0.15) is 11.4 Å². The standard InChI is InChI=1S/C25H23N3O4S2/c1-17-7-9-18(10-8-17)21-14-33-24-23(21)25(30)27(16-26-24)13-22(29)28(19-5-3-2-4-6-19)20-11-12-34(31,32)15-20/h2-10,14,16,20H,11-13,15H2,1H3. The van der Waals surface area contributed by atoms with Crippen LogP contribution < -0.4 is 10.5 Å². The molecule has 0 bridgehead atoms. The first kappa shape index (κ1) is 22.5. The van der Waals surface area contributed by atoms with Gasteiger partial charge in [-0.2, -0.15) is 0 Å². The third kappa shape index (κ3) is 4.28. The van der Waals surface area contributed by atoms with Crippen molar-refractivity contribution in [1.82, 2.24) is 9.55 Å². The number of aryl methyl sites for hydroxylation is 1. The van der Waals surface area contributed by atoms with Crippen molar-refractivity contribution in [1.29, 1.82) is 0 Å². The van der Waals surface area contributed by atoms with Crippen molar-refractivity contribution in [2.24, 2.45) is 0 Å². The number of benzene rings is 2. The fourth-order valence-electron chi connectivity index (χ4n) is 4.37. The second-order valence-corrected chi connectivity index (χ2v) is 11.6. The van der Waals surface area contributed by atoms with E-state index >= 15 is 0 Å². The Morgan fingerprint density at radius 2 is 1.88 bits per heavy atom. The third-order valence-electron chi connectivity index (χ3n) is 6.11. The lowest BCUT2D eigenvalue weighted by Crippen LogP contribution is -2.44. The number of rotatable bonds is 5. The summed E-state index contributed by atoms with van der Waals surface area (Å²) in [6.45, 7) is 1.78. The summed E-state index contributed by atoms with van der Waals surface area (Å²) in [6, 6.07) is 16.5. The van der Waals surface area contributed by atoms with E-state index in [-0.39, 0.29) is 29.5 Å². The first-order valence-corrected chi connectivity index (χ1v) is 13.6. The van der Waals surface area contributed by atoms with Gasteiger partial charge in [-0.15, -0.1) is 11.3 Å². The lowest BCUT2D eigenvalue weighted by molar-refractivity contribution is -0.119. The van der Waals surface area contributed by atoms with E-state index in [4.69, 9.17) is 0 Å². The summed E-state index contributed by atoms with van der Waals surface area (Å²) < 4.78 is 25.6. The van der Waals surface area contributed by atoms with Gasteiger partial charge in [0.25, 0.3) is 5.56 Å². The molecule has 1 aliphatic rings. The van der Waals surface area contributed by atoms with Crippen LogP contribution in [0.25, 0.3) is 21.3 Å². The van der Waals surface area contributed by atoms with Crippen LogP contribution in [0.5, 0.6) is 0 Å². The number of carbonyl (C=O) groups is 1. The second-order valence-electron chi connectivity index (χ2n) is 8.53. The van der Waals surface area contributed by atoms with Crippen molar-refractivity contribution in [3.63, 3.8) is 0 Å². The van der Waals surface area contributed by atoms with E-state index < -0.39 is 15.9 Å². The summed E-state index contributed by atoms with van der Waals surface area (Å²) in [5.41, 5.74) is 3.16. The van der Waals surface area contributed by atoms with Crippen LogP contribution in [0.4, 0.5) is 5.69 Å². The minimum Gasteiger partial charge on any atom is -0.307 e. The second kappa shape index (κ2) is 8.81. The molecular formula is C25H23N3O4S2. The number of para-hydroxylation sites is 1. The summed E-state index contributed by atoms with van der Waals surface area (Å²) in [6.07, 6.45) is 1.77. The number of sulfone groups is 1. The van der Waals surface area contributed by atoms with E-state index in [1.165, 1.54) is 27.1 Å². The van der Waals surface area contributed by atoms with Gasteiger partial charge in [0.15, 0.2) is 9.84 Å². The van der Waals surface area contributed by atoms with E-state index in [2.05, 4.69) is 4.98 Å². The Kier molecular flexibility index (Phi) is 5.83. The van der Waals surface area contributed by atoms with Crippen LogP contribution in [0.3, 0.4) is 0 Å². The maximum Gasteiger partial charge on any atom is 0.263 e. The Hall–Kier alpha value is -3.30. The van der Waals surface area contributed by atoms with Gasteiger partial charge in [0, 0.05) is 16.6 Å². The molecule has 2 aromatic heterocycles. The smallest absolute Gasteiger partial charge is 0.263 e. The van der Waals surface area contributed by atoms with Crippen LogP contribution in [0, 0.1) is 6.92 Å². The molecule has 0 radical (unpaired) electrons. The zero-order chi connectivity index (χ0) is 23.9. The van der Waals surface area contributed by atoms with Gasteiger partial charge in [-0.1, -0.05) is 48.0 Å². The van der Waals surface area contributed by atoms with Crippen LogP contribution in [0.2, 0.25) is 0 Å². The Morgan fingerprint density at radius 3 is 2.56 bits per heavy atom. The number of thiophene rings is 1. The number of hydrogen-bond acceptors (Lipinski definition) is 6. The van der Waals surface area contributed by atoms with Crippen LogP contribution in [-0.2, 0) is 21.2 Å². The van der Waals surface area contributed by atoms with E-state index in [0.717, 1.165) is 16.7 Å². The average Bonchev–Trinajstić information content (AvgIpc) is 3.41. The van der Waals surface area contributed by atoms with E-state index in [1.807, 2.05) is 42.6 Å². The minimum absolute atomic E-state index is 0.0521. The van der Waals surface area contributed by atoms with Gasteiger partial charge in [0.05, 0.1) is 29.3 Å². The summed E-state index contributed by atoms with van der Waals surface area (Å²) in [5.74, 6) is -0.373. The fraction of sp³-hybridized carbons (Fsp3) is 0.240. The van der Waals surface area contributed by atoms with Gasteiger partial charge in [0.2, 0.25) is 5.91 Å². The molecule has 1 aliphatic heterocycles. The number of aromatic nitrogens is 2. The van der Waals surface area contributed by atoms with Gasteiger partial charge >= 0.3 is 0 Å². The normalized spacial score (nSPS) is 17.1. The summed E-state index contributed by atoms with van der Waals surface area (Å²) in [5, 5.41) is 2.40. The predicted molar refractivity (Wildman–Crippen MR) is 135 cm³/mol. The van der Waals surface area contributed by atoms with E-state index in [9.17, 15) is 18.0 Å². The molecule has 1 atom stereocenters. The highest BCUT2D eigenvalue weighted by molar-refractivity contribution is 7.91.